The first-order valence-corrected chi connectivity index (χ1v) is 5.73. The maximum atomic E-state index is 9.14. The van der Waals surface area contributed by atoms with Gasteiger partial charge in [0.2, 0.25) is 0 Å². The van der Waals surface area contributed by atoms with Crippen LogP contribution in [0.2, 0.25) is 0 Å². The Morgan fingerprint density at radius 2 is 1.87 bits per heavy atom. The highest BCUT2D eigenvalue weighted by Crippen LogP contribution is 2.66. The van der Waals surface area contributed by atoms with Crippen molar-refractivity contribution in [3.8, 4) is 0 Å². The summed E-state index contributed by atoms with van der Waals surface area (Å²) in [5, 5.41) is 12.7. The standard InChI is InChI=1S/C12H22N2O/c1-11(2)8-6-10(13-15)12(3,14(4)5)7-9(8)11/h8-9,15H,6-7H2,1-5H3/b13-10-. The molecule has 0 aliphatic heterocycles. The second kappa shape index (κ2) is 2.97. The third-order valence-corrected chi connectivity index (χ3v) is 5.05. The van der Waals surface area contributed by atoms with Crippen LogP contribution in [0.3, 0.4) is 0 Å². The molecule has 0 aromatic rings. The Morgan fingerprint density at radius 3 is 2.33 bits per heavy atom. The largest absolute Gasteiger partial charge is 0.411 e. The van der Waals surface area contributed by atoms with Crippen LogP contribution in [0.4, 0.5) is 0 Å². The molecule has 3 nitrogen and oxygen atoms in total. The van der Waals surface area contributed by atoms with Gasteiger partial charge in [-0.2, -0.15) is 0 Å². The van der Waals surface area contributed by atoms with E-state index in [1.807, 2.05) is 0 Å². The summed E-state index contributed by atoms with van der Waals surface area (Å²) in [6, 6.07) is 0. The molecular weight excluding hydrogens is 188 g/mol. The van der Waals surface area contributed by atoms with Gasteiger partial charge in [-0.25, -0.2) is 0 Å². The maximum Gasteiger partial charge on any atom is 0.0773 e. The first kappa shape index (κ1) is 10.9. The number of rotatable bonds is 1. The van der Waals surface area contributed by atoms with Gasteiger partial charge in [0.15, 0.2) is 0 Å². The van der Waals surface area contributed by atoms with Crippen molar-refractivity contribution in [1.29, 1.82) is 0 Å². The Kier molecular flexibility index (Phi) is 2.16. The molecular formula is C12H22N2O. The number of hydrogen-bond donors (Lipinski definition) is 1. The van der Waals surface area contributed by atoms with Gasteiger partial charge in [0.05, 0.1) is 11.3 Å². The Bertz CT molecular complexity index is 309. The van der Waals surface area contributed by atoms with Crippen molar-refractivity contribution in [1.82, 2.24) is 4.90 Å². The van der Waals surface area contributed by atoms with Crippen molar-refractivity contribution in [2.45, 2.75) is 39.2 Å². The first-order chi connectivity index (χ1) is 6.84. The second-order valence-corrected chi connectivity index (χ2v) is 6.16. The van der Waals surface area contributed by atoms with Crippen LogP contribution in [-0.4, -0.2) is 35.5 Å². The molecule has 86 valence electrons. The van der Waals surface area contributed by atoms with Gasteiger partial charge in [-0.15, -0.1) is 0 Å². The van der Waals surface area contributed by atoms with Gasteiger partial charge in [0.25, 0.3) is 0 Å². The van der Waals surface area contributed by atoms with Gasteiger partial charge in [-0.3, -0.25) is 4.90 Å². The van der Waals surface area contributed by atoms with Gasteiger partial charge in [-0.05, 0) is 51.1 Å². The highest BCUT2D eigenvalue weighted by Gasteiger charge is 2.63. The zero-order chi connectivity index (χ0) is 11.4. The predicted octanol–water partition coefficient (Wildman–Crippen LogP) is 2.20. The highest BCUT2D eigenvalue weighted by atomic mass is 16.4. The average Bonchev–Trinajstić information content (AvgIpc) is 2.66. The van der Waals surface area contributed by atoms with Crippen LogP contribution >= 0.6 is 0 Å². The SMILES string of the molecule is CN(C)C1(C)CC2C(C/C1=N/O)C2(C)C. The molecule has 0 heterocycles. The van der Waals surface area contributed by atoms with Crippen molar-refractivity contribution in [3.05, 3.63) is 0 Å². The molecule has 3 heteroatoms. The minimum atomic E-state index is -0.0519. The van der Waals surface area contributed by atoms with Crippen LogP contribution in [0.15, 0.2) is 5.16 Å². The van der Waals surface area contributed by atoms with Crippen molar-refractivity contribution in [3.63, 3.8) is 0 Å². The molecule has 3 unspecified atom stereocenters. The zero-order valence-corrected chi connectivity index (χ0v) is 10.4. The molecule has 0 spiro atoms. The fourth-order valence-electron chi connectivity index (χ4n) is 3.23. The van der Waals surface area contributed by atoms with E-state index in [-0.39, 0.29) is 5.54 Å². The lowest BCUT2D eigenvalue weighted by molar-refractivity contribution is 0.197. The van der Waals surface area contributed by atoms with Gasteiger partial charge in [-0.1, -0.05) is 19.0 Å². The Balaban J connectivity index is 2.27. The lowest BCUT2D eigenvalue weighted by Crippen LogP contribution is -2.51. The molecule has 0 saturated heterocycles. The molecule has 0 bridgehead atoms. The monoisotopic (exact) mass is 210 g/mol. The normalized spacial score (nSPS) is 45.6. The summed E-state index contributed by atoms with van der Waals surface area (Å²) in [5.74, 6) is 1.53. The number of nitrogens with zero attached hydrogens (tertiary/aromatic N) is 2. The van der Waals surface area contributed by atoms with Crippen LogP contribution in [0, 0.1) is 17.3 Å². The van der Waals surface area contributed by atoms with Crippen molar-refractivity contribution < 1.29 is 5.21 Å². The quantitative estimate of drug-likeness (QED) is 0.532. The van der Waals surface area contributed by atoms with E-state index in [1.54, 1.807) is 0 Å². The van der Waals surface area contributed by atoms with E-state index in [0.29, 0.717) is 5.41 Å². The lowest BCUT2D eigenvalue weighted by Gasteiger charge is -2.39. The summed E-state index contributed by atoms with van der Waals surface area (Å²) in [7, 11) is 4.14. The van der Waals surface area contributed by atoms with Crippen LogP contribution in [0.5, 0.6) is 0 Å². The Labute approximate surface area is 92.1 Å². The lowest BCUT2D eigenvalue weighted by atomic mass is 9.80. The van der Waals surface area contributed by atoms with Crippen LogP contribution in [0.25, 0.3) is 0 Å². The predicted molar refractivity (Wildman–Crippen MR) is 61.3 cm³/mol. The van der Waals surface area contributed by atoms with E-state index < -0.39 is 0 Å². The molecule has 3 atom stereocenters. The Morgan fingerprint density at radius 1 is 1.27 bits per heavy atom. The summed E-state index contributed by atoms with van der Waals surface area (Å²) in [5.41, 5.74) is 1.35. The topological polar surface area (TPSA) is 35.8 Å². The maximum absolute atomic E-state index is 9.14. The molecule has 1 N–H and O–H groups in total. The molecule has 2 fully saturated rings. The van der Waals surface area contributed by atoms with Gasteiger partial charge in [0, 0.05) is 0 Å². The fourth-order valence-corrected chi connectivity index (χ4v) is 3.23. The van der Waals surface area contributed by atoms with Crippen molar-refractivity contribution >= 4 is 5.71 Å². The van der Waals surface area contributed by atoms with Crippen molar-refractivity contribution in [2.75, 3.05) is 14.1 Å². The zero-order valence-electron chi connectivity index (χ0n) is 10.4. The smallest absolute Gasteiger partial charge is 0.0773 e. The third-order valence-electron chi connectivity index (χ3n) is 5.05. The molecule has 0 amide bonds. The molecule has 2 aliphatic carbocycles. The van der Waals surface area contributed by atoms with Gasteiger partial charge in [0.1, 0.15) is 0 Å². The van der Waals surface area contributed by atoms with Gasteiger partial charge < -0.3 is 5.21 Å². The molecule has 0 radical (unpaired) electrons. The number of oxime groups is 1. The number of hydrogen-bond acceptors (Lipinski definition) is 3. The summed E-state index contributed by atoms with van der Waals surface area (Å²) in [6.07, 6.45) is 2.08. The van der Waals surface area contributed by atoms with E-state index in [1.165, 1.54) is 0 Å². The average molecular weight is 210 g/mol. The van der Waals surface area contributed by atoms with Crippen LogP contribution in [0.1, 0.15) is 33.6 Å². The van der Waals surface area contributed by atoms with Crippen LogP contribution in [-0.2, 0) is 0 Å². The third kappa shape index (κ3) is 1.32. The van der Waals surface area contributed by atoms with E-state index in [4.69, 9.17) is 5.21 Å². The number of fused-ring (bicyclic) bond motifs is 1. The minimum absolute atomic E-state index is 0.0519. The van der Waals surface area contributed by atoms with E-state index >= 15 is 0 Å². The molecule has 0 aromatic carbocycles. The molecule has 2 rings (SSSR count). The fraction of sp³-hybridized carbons (Fsp3) is 0.917. The summed E-state index contributed by atoms with van der Waals surface area (Å²) in [4.78, 5) is 2.19. The summed E-state index contributed by atoms with van der Waals surface area (Å²) < 4.78 is 0. The molecule has 0 aromatic heterocycles. The molecule has 2 aliphatic rings. The van der Waals surface area contributed by atoms with E-state index in [0.717, 1.165) is 30.4 Å². The Hall–Kier alpha value is -0.570. The van der Waals surface area contributed by atoms with Gasteiger partial charge >= 0.3 is 0 Å². The van der Waals surface area contributed by atoms with E-state index in [2.05, 4.69) is 44.9 Å². The summed E-state index contributed by atoms with van der Waals surface area (Å²) in [6.45, 7) is 6.85. The first-order valence-electron chi connectivity index (χ1n) is 5.73. The van der Waals surface area contributed by atoms with E-state index in [9.17, 15) is 0 Å². The molecule has 2 saturated carbocycles. The minimum Gasteiger partial charge on any atom is -0.411 e. The second-order valence-electron chi connectivity index (χ2n) is 6.16. The summed E-state index contributed by atoms with van der Waals surface area (Å²) >= 11 is 0. The highest BCUT2D eigenvalue weighted by molar-refractivity contribution is 5.94. The van der Waals surface area contributed by atoms with Crippen molar-refractivity contribution in [2.24, 2.45) is 22.4 Å². The molecule has 15 heavy (non-hydrogen) atoms. The van der Waals surface area contributed by atoms with Crippen LogP contribution < -0.4 is 0 Å².